The van der Waals surface area contributed by atoms with Crippen LogP contribution in [0, 0.1) is 0 Å². The summed E-state index contributed by atoms with van der Waals surface area (Å²) in [5.41, 5.74) is -0.706. The van der Waals surface area contributed by atoms with Gasteiger partial charge in [0.05, 0.1) is 24.2 Å². The third-order valence-electron chi connectivity index (χ3n) is 3.57. The zero-order chi connectivity index (χ0) is 13.9. The smallest absolute Gasteiger partial charge is 0.241 e. The highest BCUT2D eigenvalue weighted by atomic mass is 32.2. The van der Waals surface area contributed by atoms with E-state index < -0.39 is 15.6 Å². The molecule has 5 nitrogen and oxygen atoms in total. The second-order valence-corrected chi connectivity index (χ2v) is 6.61. The number of methoxy groups -OCH3 is 1. The van der Waals surface area contributed by atoms with E-state index in [1.165, 1.54) is 19.2 Å². The molecule has 0 atom stereocenters. The summed E-state index contributed by atoms with van der Waals surface area (Å²) in [6, 6.07) is 6.32. The van der Waals surface area contributed by atoms with Crippen LogP contribution in [0.25, 0.3) is 0 Å². The molecule has 1 aromatic carbocycles. The molecule has 6 heteroatoms. The quantitative estimate of drug-likeness (QED) is 0.854. The van der Waals surface area contributed by atoms with Gasteiger partial charge in [-0.1, -0.05) is 18.9 Å². The summed E-state index contributed by atoms with van der Waals surface area (Å²) < 4.78 is 32.4. The van der Waals surface area contributed by atoms with Crippen molar-refractivity contribution in [1.29, 1.82) is 0 Å². The number of hydrogen-bond donors (Lipinski definition) is 2. The topological polar surface area (TPSA) is 75.6 Å². The molecule has 1 aromatic rings. The molecular formula is C13H19NO4S. The minimum absolute atomic E-state index is 0.159. The Bertz CT molecular complexity index is 535. The molecule has 2 rings (SSSR count). The molecule has 2 N–H and O–H groups in total. The van der Waals surface area contributed by atoms with Gasteiger partial charge >= 0.3 is 0 Å². The summed E-state index contributed by atoms with van der Waals surface area (Å²) >= 11 is 0. The lowest BCUT2D eigenvalue weighted by Crippen LogP contribution is -2.49. The van der Waals surface area contributed by atoms with Gasteiger partial charge in [-0.25, -0.2) is 13.1 Å². The van der Waals surface area contributed by atoms with Crippen LogP contribution in [-0.2, 0) is 10.0 Å². The van der Waals surface area contributed by atoms with Crippen LogP contribution in [-0.4, -0.2) is 32.8 Å². The predicted octanol–water partition coefficient (Wildman–Crippen LogP) is 1.28. The van der Waals surface area contributed by atoms with Crippen molar-refractivity contribution in [3.05, 3.63) is 24.3 Å². The molecule has 1 aliphatic rings. The molecule has 0 spiro atoms. The lowest BCUT2D eigenvalue weighted by Gasteiger charge is -2.27. The van der Waals surface area contributed by atoms with Crippen molar-refractivity contribution in [1.82, 2.24) is 4.72 Å². The molecule has 0 heterocycles. The summed E-state index contributed by atoms with van der Waals surface area (Å²) in [6.07, 6.45) is 3.21. The van der Waals surface area contributed by atoms with Gasteiger partial charge in [0.2, 0.25) is 10.0 Å². The first kappa shape index (κ1) is 14.3. The second kappa shape index (κ2) is 5.48. The number of rotatable bonds is 5. The highest BCUT2D eigenvalue weighted by Gasteiger charge is 2.37. The van der Waals surface area contributed by atoms with Gasteiger partial charge in [-0.2, -0.15) is 0 Å². The maximum Gasteiger partial charge on any atom is 0.241 e. The maximum atomic E-state index is 12.3. The Hall–Kier alpha value is -1.11. The first-order valence-electron chi connectivity index (χ1n) is 6.30. The molecule has 0 unspecified atom stereocenters. The highest BCUT2D eigenvalue weighted by molar-refractivity contribution is 7.89. The Kier molecular flexibility index (Phi) is 4.13. The van der Waals surface area contributed by atoms with E-state index in [-0.39, 0.29) is 11.5 Å². The molecule has 1 fully saturated rings. The Labute approximate surface area is 113 Å². The van der Waals surface area contributed by atoms with Crippen LogP contribution in [0.4, 0.5) is 0 Å². The van der Waals surface area contributed by atoms with Gasteiger partial charge in [0.15, 0.2) is 0 Å². The minimum atomic E-state index is -3.64. The van der Waals surface area contributed by atoms with E-state index in [1.807, 2.05) is 0 Å². The molecule has 0 aliphatic heterocycles. The average Bonchev–Trinajstić information content (AvgIpc) is 2.87. The van der Waals surface area contributed by atoms with Crippen LogP contribution in [0.15, 0.2) is 29.2 Å². The largest absolute Gasteiger partial charge is 0.497 e. The van der Waals surface area contributed by atoms with Crippen molar-refractivity contribution in [3.63, 3.8) is 0 Å². The van der Waals surface area contributed by atoms with Crippen LogP contribution < -0.4 is 9.46 Å². The molecule has 0 amide bonds. The summed E-state index contributed by atoms with van der Waals surface area (Å²) in [5.74, 6) is 0.493. The number of aliphatic hydroxyl groups excluding tert-OH is 1. The summed E-state index contributed by atoms with van der Waals surface area (Å²) in [6.45, 7) is -0.170. The fourth-order valence-electron chi connectivity index (χ4n) is 2.46. The lowest BCUT2D eigenvalue weighted by molar-refractivity contribution is 0.185. The van der Waals surface area contributed by atoms with Crippen molar-refractivity contribution in [2.75, 3.05) is 13.7 Å². The molecule has 106 valence electrons. The van der Waals surface area contributed by atoms with E-state index in [0.717, 1.165) is 12.8 Å². The van der Waals surface area contributed by atoms with E-state index in [9.17, 15) is 13.5 Å². The molecule has 0 aromatic heterocycles. The van der Waals surface area contributed by atoms with Gasteiger partial charge in [-0.05, 0) is 25.0 Å². The lowest BCUT2D eigenvalue weighted by atomic mass is 10.0. The SMILES string of the molecule is COc1cccc(S(=O)(=O)NC2(CO)CCCC2)c1. The van der Waals surface area contributed by atoms with Gasteiger partial charge in [0.25, 0.3) is 0 Å². The van der Waals surface area contributed by atoms with Crippen molar-refractivity contribution < 1.29 is 18.3 Å². The van der Waals surface area contributed by atoms with E-state index in [0.29, 0.717) is 18.6 Å². The number of hydrogen-bond acceptors (Lipinski definition) is 4. The maximum absolute atomic E-state index is 12.3. The van der Waals surface area contributed by atoms with Crippen LogP contribution in [0.2, 0.25) is 0 Å². The molecule has 0 radical (unpaired) electrons. The van der Waals surface area contributed by atoms with Gasteiger partial charge in [0.1, 0.15) is 5.75 Å². The third kappa shape index (κ3) is 3.08. The van der Waals surface area contributed by atoms with Crippen LogP contribution in [0.1, 0.15) is 25.7 Å². The van der Waals surface area contributed by atoms with Crippen molar-refractivity contribution in [3.8, 4) is 5.75 Å². The first-order valence-corrected chi connectivity index (χ1v) is 7.79. The fraction of sp³-hybridized carbons (Fsp3) is 0.538. The number of ether oxygens (including phenoxy) is 1. The number of benzene rings is 1. The Morgan fingerprint density at radius 2 is 2.05 bits per heavy atom. The van der Waals surface area contributed by atoms with Crippen LogP contribution >= 0.6 is 0 Å². The molecule has 0 bridgehead atoms. The van der Waals surface area contributed by atoms with Gasteiger partial charge in [-0.15, -0.1) is 0 Å². The van der Waals surface area contributed by atoms with Crippen molar-refractivity contribution >= 4 is 10.0 Å². The number of nitrogens with one attached hydrogen (secondary N) is 1. The van der Waals surface area contributed by atoms with Gasteiger partial charge in [0, 0.05) is 6.07 Å². The standard InChI is InChI=1S/C13H19NO4S/c1-18-11-5-4-6-12(9-11)19(16,17)14-13(10-15)7-2-3-8-13/h4-6,9,14-15H,2-3,7-8,10H2,1H3. The van der Waals surface area contributed by atoms with E-state index >= 15 is 0 Å². The molecule has 1 saturated carbocycles. The fourth-order valence-corrected chi connectivity index (χ4v) is 3.94. The average molecular weight is 285 g/mol. The summed E-state index contributed by atoms with van der Waals surface area (Å²) in [5, 5.41) is 9.48. The van der Waals surface area contributed by atoms with E-state index in [4.69, 9.17) is 4.74 Å². The normalized spacial score (nSPS) is 18.4. The van der Waals surface area contributed by atoms with Gasteiger partial charge in [-0.3, -0.25) is 0 Å². The van der Waals surface area contributed by atoms with Crippen LogP contribution in [0.5, 0.6) is 5.75 Å². The second-order valence-electron chi connectivity index (χ2n) is 4.93. The van der Waals surface area contributed by atoms with Crippen LogP contribution in [0.3, 0.4) is 0 Å². The number of sulfonamides is 1. The van der Waals surface area contributed by atoms with E-state index in [1.54, 1.807) is 12.1 Å². The molecule has 0 saturated heterocycles. The van der Waals surface area contributed by atoms with Crippen molar-refractivity contribution in [2.45, 2.75) is 36.1 Å². The predicted molar refractivity (Wildman–Crippen MR) is 71.6 cm³/mol. The molecule has 19 heavy (non-hydrogen) atoms. The zero-order valence-electron chi connectivity index (χ0n) is 10.9. The Balaban J connectivity index is 2.26. The summed E-state index contributed by atoms with van der Waals surface area (Å²) in [7, 11) is -2.15. The summed E-state index contributed by atoms with van der Waals surface area (Å²) in [4.78, 5) is 0.159. The van der Waals surface area contributed by atoms with Gasteiger partial charge < -0.3 is 9.84 Å². The minimum Gasteiger partial charge on any atom is -0.497 e. The van der Waals surface area contributed by atoms with E-state index in [2.05, 4.69) is 4.72 Å². The number of aliphatic hydroxyl groups is 1. The molecule has 1 aliphatic carbocycles. The third-order valence-corrected chi connectivity index (χ3v) is 5.14. The highest BCUT2D eigenvalue weighted by Crippen LogP contribution is 2.31. The first-order chi connectivity index (χ1) is 9.01. The Morgan fingerprint density at radius 3 is 2.63 bits per heavy atom. The Morgan fingerprint density at radius 1 is 1.37 bits per heavy atom. The monoisotopic (exact) mass is 285 g/mol. The zero-order valence-corrected chi connectivity index (χ0v) is 11.7. The molecular weight excluding hydrogens is 266 g/mol. The van der Waals surface area contributed by atoms with Crippen molar-refractivity contribution in [2.24, 2.45) is 0 Å².